The molecule has 0 aliphatic heterocycles. The number of rotatable bonds is 6. The molecule has 0 bridgehead atoms. The lowest BCUT2D eigenvalue weighted by atomic mass is 10.1. The van der Waals surface area contributed by atoms with Crippen LogP contribution < -0.4 is 16.4 Å². The van der Waals surface area contributed by atoms with Crippen LogP contribution in [-0.2, 0) is 6.42 Å². The predicted molar refractivity (Wildman–Crippen MR) is 84.3 cm³/mol. The van der Waals surface area contributed by atoms with Gasteiger partial charge in [0.05, 0.1) is 0 Å². The van der Waals surface area contributed by atoms with Crippen molar-refractivity contribution >= 4 is 23.3 Å². The third-order valence-electron chi connectivity index (χ3n) is 2.90. The van der Waals surface area contributed by atoms with Gasteiger partial charge in [0.1, 0.15) is 11.6 Å². The molecule has 2 aromatic rings. The zero-order chi connectivity index (χ0) is 14.4. The lowest BCUT2D eigenvalue weighted by molar-refractivity contribution is 0.923. The number of aromatic nitrogens is 2. The van der Waals surface area contributed by atoms with Crippen molar-refractivity contribution in [1.29, 1.82) is 0 Å². The summed E-state index contributed by atoms with van der Waals surface area (Å²) in [5.41, 5.74) is 8.08. The van der Waals surface area contributed by atoms with Gasteiger partial charge < -0.3 is 16.4 Å². The third kappa shape index (κ3) is 3.60. The number of nitrogen functional groups attached to an aromatic ring is 1. The van der Waals surface area contributed by atoms with Gasteiger partial charge in [0.15, 0.2) is 0 Å². The van der Waals surface area contributed by atoms with E-state index in [1.165, 1.54) is 5.56 Å². The average molecular weight is 271 g/mol. The van der Waals surface area contributed by atoms with Gasteiger partial charge in [-0.05, 0) is 25.0 Å². The number of benzene rings is 1. The first kappa shape index (κ1) is 14.1. The third-order valence-corrected chi connectivity index (χ3v) is 2.90. The molecule has 2 rings (SSSR count). The van der Waals surface area contributed by atoms with E-state index in [0.29, 0.717) is 5.82 Å². The summed E-state index contributed by atoms with van der Waals surface area (Å²) >= 11 is 0. The smallest absolute Gasteiger partial charge is 0.223 e. The zero-order valence-corrected chi connectivity index (χ0v) is 12.0. The van der Waals surface area contributed by atoms with E-state index in [4.69, 9.17) is 5.73 Å². The number of anilines is 4. The van der Waals surface area contributed by atoms with E-state index in [2.05, 4.69) is 45.7 Å². The molecule has 0 fully saturated rings. The van der Waals surface area contributed by atoms with Gasteiger partial charge in [-0.1, -0.05) is 31.5 Å². The normalized spacial score (nSPS) is 10.3. The van der Waals surface area contributed by atoms with Crippen molar-refractivity contribution < 1.29 is 0 Å². The topological polar surface area (TPSA) is 75.9 Å². The van der Waals surface area contributed by atoms with Crippen LogP contribution in [0.2, 0.25) is 0 Å². The van der Waals surface area contributed by atoms with Gasteiger partial charge in [0, 0.05) is 18.3 Å². The molecule has 0 aliphatic carbocycles. The first-order chi connectivity index (χ1) is 9.72. The maximum absolute atomic E-state index is 5.74. The maximum atomic E-state index is 5.74. The van der Waals surface area contributed by atoms with E-state index >= 15 is 0 Å². The Morgan fingerprint density at radius 3 is 2.60 bits per heavy atom. The Morgan fingerprint density at radius 1 is 1.10 bits per heavy atom. The largest absolute Gasteiger partial charge is 0.370 e. The minimum absolute atomic E-state index is 0.263. The van der Waals surface area contributed by atoms with Crippen LogP contribution in [0.15, 0.2) is 30.3 Å². The summed E-state index contributed by atoms with van der Waals surface area (Å²) in [4.78, 5) is 8.37. The molecule has 5 nitrogen and oxygen atoms in total. The van der Waals surface area contributed by atoms with Gasteiger partial charge in [-0.3, -0.25) is 0 Å². The lowest BCUT2D eigenvalue weighted by Crippen LogP contribution is -2.06. The molecule has 0 aliphatic rings. The Hall–Kier alpha value is -2.30. The number of aryl methyl sites for hydroxylation is 1. The highest BCUT2D eigenvalue weighted by atomic mass is 15.1. The molecule has 0 saturated carbocycles. The predicted octanol–water partition coefficient (Wildman–Crippen LogP) is 3.19. The quantitative estimate of drug-likeness (QED) is 0.752. The van der Waals surface area contributed by atoms with Crippen LogP contribution in [-0.4, -0.2) is 16.5 Å². The van der Waals surface area contributed by atoms with Crippen molar-refractivity contribution in [3.63, 3.8) is 0 Å². The molecule has 106 valence electrons. The maximum Gasteiger partial charge on any atom is 0.223 e. The van der Waals surface area contributed by atoms with Crippen LogP contribution in [0.3, 0.4) is 0 Å². The number of hydrogen-bond donors (Lipinski definition) is 3. The second kappa shape index (κ2) is 6.75. The molecule has 0 atom stereocenters. The zero-order valence-electron chi connectivity index (χ0n) is 12.0. The highest BCUT2D eigenvalue weighted by Gasteiger charge is 2.05. The first-order valence-corrected chi connectivity index (χ1v) is 6.96. The Bertz CT molecular complexity index is 568. The van der Waals surface area contributed by atoms with E-state index in [1.807, 2.05) is 19.1 Å². The monoisotopic (exact) mass is 271 g/mol. The standard InChI is InChI=1S/C15H21N5/c1-3-7-11-8-5-6-9-12(11)18-14-10-13(17-4-2)19-15(16)20-14/h5-6,8-10H,3-4,7H2,1-2H3,(H4,16,17,18,19,20). The summed E-state index contributed by atoms with van der Waals surface area (Å²) in [6, 6.07) is 10.1. The van der Waals surface area contributed by atoms with Crippen LogP contribution in [0.1, 0.15) is 25.8 Å². The van der Waals surface area contributed by atoms with Crippen molar-refractivity contribution in [2.24, 2.45) is 0 Å². The molecular formula is C15H21N5. The van der Waals surface area contributed by atoms with Crippen molar-refractivity contribution in [3.8, 4) is 0 Å². The average Bonchev–Trinajstić information content (AvgIpc) is 2.41. The minimum atomic E-state index is 0.263. The molecule has 1 aromatic carbocycles. The van der Waals surface area contributed by atoms with Gasteiger partial charge in [-0.2, -0.15) is 9.97 Å². The van der Waals surface area contributed by atoms with Crippen LogP contribution >= 0.6 is 0 Å². The molecule has 0 unspecified atom stereocenters. The molecule has 20 heavy (non-hydrogen) atoms. The molecule has 5 heteroatoms. The first-order valence-electron chi connectivity index (χ1n) is 6.96. The fourth-order valence-corrected chi connectivity index (χ4v) is 2.07. The van der Waals surface area contributed by atoms with Crippen LogP contribution in [0, 0.1) is 0 Å². The second-order valence-electron chi connectivity index (χ2n) is 4.56. The summed E-state index contributed by atoms with van der Waals surface area (Å²) in [6.45, 7) is 4.98. The van der Waals surface area contributed by atoms with Crippen molar-refractivity contribution in [2.45, 2.75) is 26.7 Å². The Morgan fingerprint density at radius 2 is 1.85 bits per heavy atom. The Labute approximate surface area is 119 Å². The fraction of sp³-hybridized carbons (Fsp3) is 0.333. The van der Waals surface area contributed by atoms with Gasteiger partial charge in [-0.15, -0.1) is 0 Å². The van der Waals surface area contributed by atoms with Crippen LogP contribution in [0.25, 0.3) is 0 Å². The van der Waals surface area contributed by atoms with Crippen molar-refractivity contribution in [3.05, 3.63) is 35.9 Å². The van der Waals surface area contributed by atoms with Crippen LogP contribution in [0.4, 0.5) is 23.3 Å². The van der Waals surface area contributed by atoms with Crippen molar-refractivity contribution in [2.75, 3.05) is 22.9 Å². The summed E-state index contributed by atoms with van der Waals surface area (Å²) in [5, 5.41) is 6.47. The van der Waals surface area contributed by atoms with E-state index in [1.54, 1.807) is 0 Å². The molecule has 0 radical (unpaired) electrons. The lowest BCUT2D eigenvalue weighted by Gasteiger charge is -2.12. The fourth-order valence-electron chi connectivity index (χ4n) is 2.07. The summed E-state index contributed by atoms with van der Waals surface area (Å²) in [7, 11) is 0. The van der Waals surface area contributed by atoms with E-state index < -0.39 is 0 Å². The molecule has 4 N–H and O–H groups in total. The van der Waals surface area contributed by atoms with Gasteiger partial charge >= 0.3 is 0 Å². The van der Waals surface area contributed by atoms with Gasteiger partial charge in [0.25, 0.3) is 0 Å². The Balaban J connectivity index is 2.25. The molecule has 1 heterocycles. The van der Waals surface area contributed by atoms with E-state index in [9.17, 15) is 0 Å². The highest BCUT2D eigenvalue weighted by Crippen LogP contribution is 2.22. The molecule has 0 spiro atoms. The second-order valence-corrected chi connectivity index (χ2v) is 4.56. The number of nitrogens with zero attached hydrogens (tertiary/aromatic N) is 2. The van der Waals surface area contributed by atoms with Crippen molar-refractivity contribution in [1.82, 2.24) is 9.97 Å². The summed E-state index contributed by atoms with van der Waals surface area (Å²) in [5.74, 6) is 1.70. The molecule has 1 aromatic heterocycles. The molecule has 0 saturated heterocycles. The number of nitrogens with one attached hydrogen (secondary N) is 2. The SMILES string of the molecule is CCCc1ccccc1Nc1cc(NCC)nc(N)n1. The highest BCUT2D eigenvalue weighted by molar-refractivity contribution is 5.63. The number of para-hydroxylation sites is 1. The summed E-state index contributed by atoms with van der Waals surface area (Å²) in [6.07, 6.45) is 2.14. The molecular weight excluding hydrogens is 250 g/mol. The summed E-state index contributed by atoms with van der Waals surface area (Å²) < 4.78 is 0. The number of hydrogen-bond acceptors (Lipinski definition) is 5. The number of nitrogens with two attached hydrogens (primary N) is 1. The van der Waals surface area contributed by atoms with Gasteiger partial charge in [0.2, 0.25) is 5.95 Å². The van der Waals surface area contributed by atoms with Gasteiger partial charge in [-0.25, -0.2) is 0 Å². The Kier molecular flexibility index (Phi) is 4.76. The molecule has 0 amide bonds. The van der Waals surface area contributed by atoms with E-state index in [-0.39, 0.29) is 5.95 Å². The minimum Gasteiger partial charge on any atom is -0.370 e. The van der Waals surface area contributed by atoms with Crippen LogP contribution in [0.5, 0.6) is 0 Å². The van der Waals surface area contributed by atoms with E-state index in [0.717, 1.165) is 30.9 Å².